The second-order valence-corrected chi connectivity index (χ2v) is 5.46. The van der Waals surface area contributed by atoms with Gasteiger partial charge in [-0.1, -0.05) is 19.3 Å². The van der Waals surface area contributed by atoms with Crippen molar-refractivity contribution >= 4 is 5.97 Å². The monoisotopic (exact) mass is 225 g/mol. The lowest BCUT2D eigenvalue weighted by Gasteiger charge is -2.25. The summed E-state index contributed by atoms with van der Waals surface area (Å²) in [4.78, 5) is 11.9. The molecule has 0 radical (unpaired) electrons. The van der Waals surface area contributed by atoms with E-state index in [1.54, 1.807) is 0 Å². The highest BCUT2D eigenvalue weighted by Gasteiger charge is 2.37. The zero-order valence-electron chi connectivity index (χ0n) is 10.3. The molecule has 1 saturated carbocycles. The third-order valence-corrected chi connectivity index (χ3v) is 3.99. The van der Waals surface area contributed by atoms with Crippen LogP contribution < -0.4 is 5.32 Å². The summed E-state index contributed by atoms with van der Waals surface area (Å²) in [7, 11) is 0. The standard InChI is InChI=1S/C13H23NO2/c1-13(8-5-9-14-13)12(15)16-10-11-6-3-2-4-7-11/h11,14H,2-10H2,1H3. The van der Waals surface area contributed by atoms with Crippen molar-refractivity contribution in [3.63, 3.8) is 0 Å². The molecule has 0 aromatic carbocycles. The first kappa shape index (κ1) is 11.9. The third kappa shape index (κ3) is 2.76. The number of esters is 1. The number of rotatable bonds is 3. The lowest BCUT2D eigenvalue weighted by Crippen LogP contribution is -2.46. The van der Waals surface area contributed by atoms with E-state index in [0.29, 0.717) is 12.5 Å². The number of hydrogen-bond acceptors (Lipinski definition) is 3. The van der Waals surface area contributed by atoms with Gasteiger partial charge in [-0.25, -0.2) is 0 Å². The minimum absolute atomic E-state index is 0.0458. The Morgan fingerprint density at radius 2 is 2.06 bits per heavy atom. The molecule has 1 saturated heterocycles. The molecule has 92 valence electrons. The van der Waals surface area contributed by atoms with Gasteiger partial charge in [0.2, 0.25) is 0 Å². The highest BCUT2D eigenvalue weighted by molar-refractivity contribution is 5.80. The van der Waals surface area contributed by atoms with E-state index in [2.05, 4.69) is 5.32 Å². The van der Waals surface area contributed by atoms with Crippen molar-refractivity contribution in [3.8, 4) is 0 Å². The Bertz CT molecular complexity index is 240. The van der Waals surface area contributed by atoms with Crippen LogP contribution in [-0.2, 0) is 9.53 Å². The zero-order valence-corrected chi connectivity index (χ0v) is 10.3. The molecule has 3 heteroatoms. The van der Waals surface area contributed by atoms with Gasteiger partial charge in [0.1, 0.15) is 5.54 Å². The highest BCUT2D eigenvalue weighted by Crippen LogP contribution is 2.25. The fraction of sp³-hybridized carbons (Fsp3) is 0.923. The van der Waals surface area contributed by atoms with Gasteiger partial charge >= 0.3 is 5.97 Å². The number of carbonyl (C=O) groups excluding carboxylic acids is 1. The average molecular weight is 225 g/mol. The fourth-order valence-electron chi connectivity index (χ4n) is 2.78. The molecule has 2 rings (SSSR count). The van der Waals surface area contributed by atoms with E-state index in [9.17, 15) is 4.79 Å². The predicted molar refractivity (Wildman–Crippen MR) is 63.2 cm³/mol. The van der Waals surface area contributed by atoms with Crippen LogP contribution in [0.2, 0.25) is 0 Å². The maximum atomic E-state index is 11.9. The van der Waals surface area contributed by atoms with Crippen molar-refractivity contribution in [1.82, 2.24) is 5.32 Å². The predicted octanol–water partition coefficient (Wildman–Crippen LogP) is 2.25. The summed E-state index contributed by atoms with van der Waals surface area (Å²) >= 11 is 0. The van der Waals surface area contributed by atoms with Crippen LogP contribution in [0.1, 0.15) is 51.9 Å². The van der Waals surface area contributed by atoms with E-state index >= 15 is 0 Å². The Morgan fingerprint density at radius 1 is 1.31 bits per heavy atom. The normalized spacial score (nSPS) is 31.6. The first-order valence-electron chi connectivity index (χ1n) is 6.63. The van der Waals surface area contributed by atoms with Gasteiger partial charge in [-0.3, -0.25) is 4.79 Å². The summed E-state index contributed by atoms with van der Waals surface area (Å²) in [5, 5.41) is 3.25. The van der Waals surface area contributed by atoms with Crippen LogP contribution >= 0.6 is 0 Å². The Labute approximate surface area is 97.9 Å². The molecule has 2 aliphatic rings. The van der Waals surface area contributed by atoms with Crippen LogP contribution in [0.3, 0.4) is 0 Å². The van der Waals surface area contributed by atoms with Gasteiger partial charge in [0.25, 0.3) is 0 Å². The van der Waals surface area contributed by atoms with Gasteiger partial charge in [-0.15, -0.1) is 0 Å². The Balaban J connectivity index is 1.74. The van der Waals surface area contributed by atoms with Gasteiger partial charge in [0.15, 0.2) is 0 Å². The quantitative estimate of drug-likeness (QED) is 0.749. The lowest BCUT2D eigenvalue weighted by atomic mass is 9.90. The molecular formula is C13H23NO2. The molecule has 0 aromatic rings. The zero-order chi connectivity index (χ0) is 11.4. The Kier molecular flexibility index (Phi) is 3.85. The van der Waals surface area contributed by atoms with E-state index in [0.717, 1.165) is 19.4 Å². The molecule has 1 N–H and O–H groups in total. The third-order valence-electron chi connectivity index (χ3n) is 3.99. The van der Waals surface area contributed by atoms with E-state index in [1.165, 1.54) is 32.1 Å². The van der Waals surface area contributed by atoms with Crippen molar-refractivity contribution in [1.29, 1.82) is 0 Å². The molecule has 1 heterocycles. The van der Waals surface area contributed by atoms with Crippen LogP contribution in [0.25, 0.3) is 0 Å². The van der Waals surface area contributed by atoms with Crippen molar-refractivity contribution in [2.45, 2.75) is 57.4 Å². The number of carbonyl (C=O) groups is 1. The first-order valence-corrected chi connectivity index (χ1v) is 6.63. The molecular weight excluding hydrogens is 202 g/mol. The van der Waals surface area contributed by atoms with Crippen molar-refractivity contribution < 1.29 is 9.53 Å². The lowest BCUT2D eigenvalue weighted by molar-refractivity contribution is -0.152. The van der Waals surface area contributed by atoms with E-state index in [4.69, 9.17) is 4.74 Å². The topological polar surface area (TPSA) is 38.3 Å². The second-order valence-electron chi connectivity index (χ2n) is 5.46. The van der Waals surface area contributed by atoms with Crippen LogP contribution in [0.5, 0.6) is 0 Å². The van der Waals surface area contributed by atoms with Gasteiger partial charge < -0.3 is 10.1 Å². The van der Waals surface area contributed by atoms with Gasteiger partial charge in [0.05, 0.1) is 6.61 Å². The van der Waals surface area contributed by atoms with Crippen molar-refractivity contribution in [2.24, 2.45) is 5.92 Å². The fourth-order valence-corrected chi connectivity index (χ4v) is 2.78. The summed E-state index contributed by atoms with van der Waals surface area (Å²) in [5.41, 5.74) is -0.408. The Morgan fingerprint density at radius 3 is 2.69 bits per heavy atom. The SMILES string of the molecule is CC1(C(=O)OCC2CCCCC2)CCCN1. The summed E-state index contributed by atoms with van der Waals surface area (Å²) < 4.78 is 5.47. The molecule has 1 aliphatic carbocycles. The summed E-state index contributed by atoms with van der Waals surface area (Å²) in [6, 6.07) is 0. The maximum Gasteiger partial charge on any atom is 0.326 e. The van der Waals surface area contributed by atoms with Gasteiger partial charge in [-0.2, -0.15) is 0 Å². The molecule has 1 aliphatic heterocycles. The van der Waals surface area contributed by atoms with Gasteiger partial charge in [0, 0.05) is 0 Å². The molecule has 0 aromatic heterocycles. The van der Waals surface area contributed by atoms with E-state index in [1.807, 2.05) is 6.92 Å². The molecule has 0 amide bonds. The van der Waals surface area contributed by atoms with E-state index in [-0.39, 0.29) is 5.97 Å². The summed E-state index contributed by atoms with van der Waals surface area (Å²) in [6.07, 6.45) is 8.42. The number of hydrogen-bond donors (Lipinski definition) is 1. The van der Waals surface area contributed by atoms with E-state index < -0.39 is 5.54 Å². The minimum atomic E-state index is -0.408. The molecule has 1 atom stereocenters. The smallest absolute Gasteiger partial charge is 0.326 e. The first-order chi connectivity index (χ1) is 7.71. The van der Waals surface area contributed by atoms with Crippen LogP contribution in [0.15, 0.2) is 0 Å². The van der Waals surface area contributed by atoms with Crippen molar-refractivity contribution in [2.75, 3.05) is 13.2 Å². The molecule has 2 fully saturated rings. The molecule has 3 nitrogen and oxygen atoms in total. The average Bonchev–Trinajstić information content (AvgIpc) is 2.76. The molecule has 1 unspecified atom stereocenters. The Hall–Kier alpha value is -0.570. The largest absolute Gasteiger partial charge is 0.464 e. The summed E-state index contributed by atoms with van der Waals surface area (Å²) in [5.74, 6) is 0.568. The number of nitrogens with one attached hydrogen (secondary N) is 1. The van der Waals surface area contributed by atoms with Gasteiger partial charge in [-0.05, 0) is 45.1 Å². The van der Waals surface area contributed by atoms with Crippen LogP contribution in [0, 0.1) is 5.92 Å². The van der Waals surface area contributed by atoms with Crippen molar-refractivity contribution in [3.05, 3.63) is 0 Å². The summed E-state index contributed by atoms with van der Waals surface area (Å²) in [6.45, 7) is 3.54. The highest BCUT2D eigenvalue weighted by atomic mass is 16.5. The molecule has 16 heavy (non-hydrogen) atoms. The minimum Gasteiger partial charge on any atom is -0.464 e. The second kappa shape index (κ2) is 5.17. The molecule has 0 spiro atoms. The van der Waals surface area contributed by atoms with Crippen LogP contribution in [-0.4, -0.2) is 24.7 Å². The molecule has 0 bridgehead atoms. The number of ether oxygens (including phenoxy) is 1. The van der Waals surface area contributed by atoms with Crippen LogP contribution in [0.4, 0.5) is 0 Å². The maximum absolute atomic E-state index is 11.9.